The molecule has 0 aliphatic rings. The number of ether oxygens (including phenoxy) is 4. The summed E-state index contributed by atoms with van der Waals surface area (Å²) in [5.41, 5.74) is 0. The molecule has 0 saturated heterocycles. The Morgan fingerprint density at radius 3 is 0.796 bits per heavy atom. The van der Waals surface area contributed by atoms with E-state index in [9.17, 15) is 43.2 Å². The van der Waals surface area contributed by atoms with Gasteiger partial charge in [-0.1, -0.05) is 281 Å². The summed E-state index contributed by atoms with van der Waals surface area (Å²) in [5, 5.41) is 10.7. The van der Waals surface area contributed by atoms with Gasteiger partial charge in [-0.25, -0.2) is 9.13 Å². The average molecular weight is 1550 g/mol. The van der Waals surface area contributed by atoms with Crippen LogP contribution in [-0.4, -0.2) is 96.7 Å². The number of carbonyl (C=O) groups is 4. The van der Waals surface area contributed by atoms with Crippen LogP contribution in [0.3, 0.4) is 0 Å². The Labute approximate surface area is 654 Å². The summed E-state index contributed by atoms with van der Waals surface area (Å²) in [6.45, 7) is 4.38. The second-order valence-electron chi connectivity index (χ2n) is 26.6. The number of hydrogen-bond acceptors (Lipinski definition) is 15. The molecule has 0 bridgehead atoms. The topological polar surface area (TPSA) is 237 Å². The van der Waals surface area contributed by atoms with Crippen LogP contribution in [0.15, 0.2) is 182 Å². The van der Waals surface area contributed by atoms with Gasteiger partial charge in [-0.2, -0.15) is 0 Å². The maximum absolute atomic E-state index is 13.1. The van der Waals surface area contributed by atoms with E-state index in [2.05, 4.69) is 198 Å². The van der Waals surface area contributed by atoms with Crippen LogP contribution in [0.2, 0.25) is 0 Å². The van der Waals surface area contributed by atoms with E-state index >= 15 is 0 Å². The molecule has 17 nitrogen and oxygen atoms in total. The van der Waals surface area contributed by atoms with Gasteiger partial charge in [0.05, 0.1) is 26.4 Å². The minimum atomic E-state index is -5.01. The minimum Gasteiger partial charge on any atom is -0.462 e. The van der Waals surface area contributed by atoms with E-state index in [0.29, 0.717) is 32.1 Å². The first-order valence-corrected chi connectivity index (χ1v) is 44.0. The maximum Gasteiger partial charge on any atom is 0.472 e. The fourth-order valence-electron chi connectivity index (χ4n) is 10.2. The molecule has 612 valence electrons. The van der Waals surface area contributed by atoms with Crippen molar-refractivity contribution < 1.29 is 80.2 Å². The molecule has 0 heterocycles. The smallest absolute Gasteiger partial charge is 0.462 e. The molecule has 0 aromatic heterocycles. The molecular weight excluding hydrogens is 1400 g/mol. The monoisotopic (exact) mass is 1550 g/mol. The summed E-state index contributed by atoms with van der Waals surface area (Å²) < 4.78 is 68.6. The lowest BCUT2D eigenvalue weighted by Crippen LogP contribution is -2.30. The molecule has 0 fully saturated rings. The number of phosphoric ester groups is 2. The summed E-state index contributed by atoms with van der Waals surface area (Å²) in [6.07, 6.45) is 95.8. The van der Waals surface area contributed by atoms with E-state index in [0.717, 1.165) is 173 Å². The first-order valence-electron chi connectivity index (χ1n) is 41.0. The SMILES string of the molecule is CC/C=C\C/C=C\C/C=C\C/C=C\C/C=C\CCCCCC(=O)OCC(COP(=O)(O)OCC(O)COP(=O)(O)OCC(COC(=O)CCC/C=C\C/C=C\C/C=C\C/C=C\C/C=C\CC)OC(=O)CCCCCC/C=C\C/C=C\C/C=C\C/C=C\CC)OC(=O)CCCCCCC/C=C\CCCCCCCC. The highest BCUT2D eigenvalue weighted by atomic mass is 31.2. The van der Waals surface area contributed by atoms with Crippen molar-refractivity contribution in [3.05, 3.63) is 182 Å². The Morgan fingerprint density at radius 1 is 0.269 bits per heavy atom. The molecule has 0 amide bonds. The summed E-state index contributed by atoms with van der Waals surface area (Å²) in [7, 11) is -10.0. The lowest BCUT2D eigenvalue weighted by atomic mass is 10.1. The number of aliphatic hydroxyl groups excluding tert-OH is 1. The van der Waals surface area contributed by atoms with Gasteiger partial charge in [0.25, 0.3) is 0 Å². The van der Waals surface area contributed by atoms with Gasteiger partial charge >= 0.3 is 39.5 Å². The van der Waals surface area contributed by atoms with Crippen molar-refractivity contribution in [1.82, 2.24) is 0 Å². The van der Waals surface area contributed by atoms with Gasteiger partial charge in [0, 0.05) is 25.7 Å². The molecule has 3 N–H and O–H groups in total. The van der Waals surface area contributed by atoms with Crippen LogP contribution >= 0.6 is 15.6 Å². The van der Waals surface area contributed by atoms with Crippen LogP contribution in [0.4, 0.5) is 0 Å². The van der Waals surface area contributed by atoms with Gasteiger partial charge in [0.15, 0.2) is 12.2 Å². The fraction of sp³-hybridized carbons (Fsp3) is 0.618. The molecule has 5 atom stereocenters. The third-order valence-electron chi connectivity index (χ3n) is 16.3. The molecule has 108 heavy (non-hydrogen) atoms. The highest BCUT2D eigenvalue weighted by Crippen LogP contribution is 2.45. The predicted octanol–water partition coefficient (Wildman–Crippen LogP) is 24.3. The van der Waals surface area contributed by atoms with Crippen LogP contribution < -0.4 is 0 Å². The molecule has 0 aromatic carbocycles. The molecule has 0 aliphatic heterocycles. The first kappa shape index (κ1) is 102. The summed E-state index contributed by atoms with van der Waals surface area (Å²) >= 11 is 0. The minimum absolute atomic E-state index is 0.0469. The number of aliphatic hydroxyl groups is 1. The van der Waals surface area contributed by atoms with Crippen LogP contribution in [0.25, 0.3) is 0 Å². The Kier molecular flexibility index (Phi) is 75.0. The van der Waals surface area contributed by atoms with Gasteiger partial charge in [0.2, 0.25) is 0 Å². The van der Waals surface area contributed by atoms with E-state index in [-0.39, 0.29) is 25.7 Å². The van der Waals surface area contributed by atoms with Gasteiger partial charge in [-0.3, -0.25) is 37.3 Å². The van der Waals surface area contributed by atoms with Crippen LogP contribution in [0, 0.1) is 0 Å². The molecule has 0 aromatic rings. The molecule has 0 saturated carbocycles. The Hall–Kier alpha value is -5.84. The third-order valence-corrected chi connectivity index (χ3v) is 18.2. The molecule has 0 radical (unpaired) electrons. The zero-order valence-corrected chi connectivity index (χ0v) is 68.7. The lowest BCUT2D eigenvalue weighted by Gasteiger charge is -2.21. The highest BCUT2D eigenvalue weighted by molar-refractivity contribution is 7.47. The van der Waals surface area contributed by atoms with E-state index in [1.54, 1.807) is 0 Å². The Morgan fingerprint density at radius 2 is 0.491 bits per heavy atom. The summed E-state index contributed by atoms with van der Waals surface area (Å²) in [6, 6.07) is 0. The maximum atomic E-state index is 13.1. The van der Waals surface area contributed by atoms with E-state index in [1.807, 2.05) is 12.2 Å². The molecule has 0 spiro atoms. The Balaban J connectivity index is 5.50. The second-order valence-corrected chi connectivity index (χ2v) is 29.5. The average Bonchev–Trinajstić information content (AvgIpc) is 0.901. The third kappa shape index (κ3) is 78.3. The molecule has 0 rings (SSSR count). The van der Waals surface area contributed by atoms with Crippen LogP contribution in [0.5, 0.6) is 0 Å². The van der Waals surface area contributed by atoms with Gasteiger partial charge in [0.1, 0.15) is 19.3 Å². The number of phosphoric acid groups is 2. The van der Waals surface area contributed by atoms with Crippen LogP contribution in [0.1, 0.15) is 297 Å². The number of rotatable bonds is 75. The number of carbonyl (C=O) groups excluding carboxylic acids is 4. The van der Waals surface area contributed by atoms with Crippen molar-refractivity contribution in [1.29, 1.82) is 0 Å². The van der Waals surface area contributed by atoms with E-state index in [4.69, 9.17) is 37.0 Å². The van der Waals surface area contributed by atoms with Crippen molar-refractivity contribution in [3.63, 3.8) is 0 Å². The van der Waals surface area contributed by atoms with Gasteiger partial charge < -0.3 is 33.8 Å². The molecule has 0 aliphatic carbocycles. The molecular formula is C89H144O17P2. The van der Waals surface area contributed by atoms with E-state index < -0.39 is 97.5 Å². The highest BCUT2D eigenvalue weighted by Gasteiger charge is 2.30. The zero-order valence-electron chi connectivity index (χ0n) is 66.9. The number of hydrogen-bond donors (Lipinski definition) is 3. The summed E-state index contributed by atoms with van der Waals surface area (Å²) in [5.74, 6) is -2.33. The number of unbranched alkanes of at least 4 members (excludes halogenated alkanes) is 19. The summed E-state index contributed by atoms with van der Waals surface area (Å²) in [4.78, 5) is 73.1. The molecule has 5 unspecified atom stereocenters. The number of esters is 4. The lowest BCUT2D eigenvalue weighted by molar-refractivity contribution is -0.161. The zero-order chi connectivity index (χ0) is 78.9. The molecule has 19 heteroatoms. The van der Waals surface area contributed by atoms with Crippen molar-refractivity contribution in [3.8, 4) is 0 Å². The standard InChI is InChI=1S/C89H144O17P2/c1-5-9-13-17-21-25-29-33-37-40-41-44-47-50-54-58-62-66-70-74-87(92)100-79-84(105-88(93)75-71-67-63-59-55-51-45-36-32-28-24-20-16-12-8-4)81-103-107(95,96)101-77-83(90)78-102-108(97,98)104-82-85(106-89(94)76-72-68-64-60-56-52-48-43-39-35-31-27-23-19-15-11-7-3)80-99-86(91)73-69-65-61-57-53-49-46-42-38-34-30-26-22-18-14-10-6-2/h9-11,13-15,21-23,25-27,33-39,41,44-46,48-50,52,54,57,61,83-85,90H,5-8,12,16-20,24,28-32,40,42-43,47,51,53,55-56,58-60,62-82H2,1-4H3,(H,95,96)(H,97,98)/b13-9-,14-10-,15-11-,25-21-,26-22-,27-23-,37-33-,38-34-,39-35-,44-41-,45-36-,49-46-,52-48-,54-50-,61-57-. The first-order chi connectivity index (χ1) is 52.7. The van der Waals surface area contributed by atoms with Crippen molar-refractivity contribution in [2.45, 2.75) is 316 Å². The van der Waals surface area contributed by atoms with Crippen molar-refractivity contribution >= 4 is 39.5 Å². The quantitative estimate of drug-likeness (QED) is 0.0169. The fourth-order valence-corrected chi connectivity index (χ4v) is 11.8. The van der Waals surface area contributed by atoms with Gasteiger partial charge in [-0.15, -0.1) is 0 Å². The van der Waals surface area contributed by atoms with Crippen molar-refractivity contribution in [2.75, 3.05) is 39.6 Å². The van der Waals surface area contributed by atoms with Gasteiger partial charge in [-0.05, 0) is 173 Å². The normalized spacial score (nSPS) is 14.8. The predicted molar refractivity (Wildman–Crippen MR) is 445 cm³/mol. The number of allylic oxidation sites excluding steroid dienone is 30. The van der Waals surface area contributed by atoms with E-state index in [1.165, 1.54) is 38.5 Å². The van der Waals surface area contributed by atoms with Crippen molar-refractivity contribution in [2.24, 2.45) is 0 Å². The largest absolute Gasteiger partial charge is 0.472 e. The Bertz CT molecular complexity index is 2760. The van der Waals surface area contributed by atoms with Crippen LogP contribution in [-0.2, 0) is 65.4 Å². The second kappa shape index (κ2) is 79.3.